The molecule has 0 aliphatic carbocycles. The summed E-state index contributed by atoms with van der Waals surface area (Å²) >= 11 is 0. The summed E-state index contributed by atoms with van der Waals surface area (Å²) < 4.78 is 27.1. The quantitative estimate of drug-likeness (QED) is 0.408. The molecular weight excluding hydrogens is 92.1 g/mol. The van der Waals surface area contributed by atoms with Crippen LogP contribution in [0.2, 0.25) is 5.65 Å². The monoisotopic (exact) mass is 108 g/mol. The molecule has 0 amide bonds. The summed E-state index contributed by atoms with van der Waals surface area (Å²) in [6.07, 6.45) is 0.237. The van der Waals surface area contributed by atoms with Crippen molar-refractivity contribution in [1.82, 2.24) is 0 Å². The molecule has 3 nitrogen and oxygen atoms in total. The first-order chi connectivity index (χ1) is 5.07. The van der Waals surface area contributed by atoms with Crippen molar-refractivity contribution < 1.29 is 10.8 Å². The van der Waals surface area contributed by atoms with Gasteiger partial charge in [-0.15, -0.1) is 0 Å². The Morgan fingerprint density at radius 1 is 1.86 bits per heavy atom. The Morgan fingerprint density at radius 2 is 2.71 bits per heavy atom. The number of aliphatic hydroxyl groups excluding tert-OH is 1. The van der Waals surface area contributed by atoms with Gasteiger partial charge in [-0.3, -0.25) is 0 Å². The molecule has 0 fully saturated rings. The Hall–Kier alpha value is -0.120. The van der Waals surface area contributed by atoms with E-state index >= 15 is 0 Å². The van der Waals surface area contributed by atoms with Crippen LogP contribution in [-0.4, -0.2) is 24.3 Å². The van der Waals surface area contributed by atoms with Crippen LogP contribution in [0.5, 0.6) is 0 Å². The molecule has 0 saturated heterocycles. The smallest absolute Gasteiger partial charge is 0.119 e. The molecule has 0 aliphatic rings. The average molecular weight is 108 g/mol. The van der Waals surface area contributed by atoms with Crippen LogP contribution in [0.15, 0.2) is 0 Å². The van der Waals surface area contributed by atoms with Gasteiger partial charge >= 0.3 is 0 Å². The van der Waals surface area contributed by atoms with Crippen LogP contribution < -0.4 is 11.4 Å². The largest absolute Gasteiger partial charge is 0.396 e. The SMILES string of the molecule is [2H]N([2H])CC(CCO)N([2H])[2H]. The van der Waals surface area contributed by atoms with Gasteiger partial charge in [0, 0.05) is 19.2 Å². The van der Waals surface area contributed by atoms with E-state index in [4.69, 9.17) is 10.8 Å². The van der Waals surface area contributed by atoms with Crippen LogP contribution in [0.1, 0.15) is 6.42 Å². The predicted molar refractivity (Wildman–Crippen MR) is 28.7 cm³/mol. The highest BCUT2D eigenvalue weighted by atomic mass is 16.3. The molecule has 0 spiro atoms. The molecule has 0 aromatic rings. The minimum atomic E-state index is -0.574. The molecule has 0 aromatic heterocycles. The van der Waals surface area contributed by atoms with Crippen molar-refractivity contribution in [1.29, 1.82) is 0 Å². The van der Waals surface area contributed by atoms with E-state index in [1.807, 2.05) is 0 Å². The fourth-order valence-electron chi connectivity index (χ4n) is 0.240. The Labute approximate surface area is 49.2 Å². The minimum absolute atomic E-state index is 0.0342. The van der Waals surface area contributed by atoms with Gasteiger partial charge in [0.25, 0.3) is 0 Å². The first-order valence-electron chi connectivity index (χ1n) is 4.00. The van der Waals surface area contributed by atoms with Crippen LogP contribution in [0.4, 0.5) is 0 Å². The summed E-state index contributed by atoms with van der Waals surface area (Å²) in [5.74, 6) is 0. The molecule has 0 aliphatic heterocycles. The van der Waals surface area contributed by atoms with E-state index < -0.39 is 6.04 Å². The van der Waals surface area contributed by atoms with Crippen molar-refractivity contribution in [2.45, 2.75) is 12.5 Å². The highest BCUT2D eigenvalue weighted by Crippen LogP contribution is 1.79. The summed E-state index contributed by atoms with van der Waals surface area (Å²) in [6, 6.07) is -0.574. The van der Waals surface area contributed by atoms with Gasteiger partial charge in [0.2, 0.25) is 0 Å². The van der Waals surface area contributed by atoms with Crippen molar-refractivity contribution in [2.24, 2.45) is 11.4 Å². The molecule has 1 unspecified atom stereocenters. The lowest BCUT2D eigenvalue weighted by atomic mass is 10.2. The van der Waals surface area contributed by atoms with Gasteiger partial charge in [-0.25, -0.2) is 0 Å². The van der Waals surface area contributed by atoms with E-state index in [0.29, 0.717) is 11.4 Å². The van der Waals surface area contributed by atoms with Crippen LogP contribution >= 0.6 is 0 Å². The molecule has 1 atom stereocenters. The van der Waals surface area contributed by atoms with Gasteiger partial charge in [-0.05, 0) is 6.42 Å². The van der Waals surface area contributed by atoms with E-state index in [1.165, 1.54) is 0 Å². The summed E-state index contributed by atoms with van der Waals surface area (Å²) in [5.41, 5.74) is 0.808. The van der Waals surface area contributed by atoms with Crippen molar-refractivity contribution in [3.05, 3.63) is 0 Å². The molecule has 3 heteroatoms. The summed E-state index contributed by atoms with van der Waals surface area (Å²) in [5, 5.41) is 8.46. The van der Waals surface area contributed by atoms with E-state index in [1.54, 1.807) is 0 Å². The minimum Gasteiger partial charge on any atom is -0.396 e. The van der Waals surface area contributed by atoms with Crippen LogP contribution in [-0.2, 0) is 0 Å². The number of nitrogens with two attached hydrogens (primary N) is 2. The van der Waals surface area contributed by atoms with Gasteiger partial charge < -0.3 is 16.5 Å². The molecule has 0 aromatic carbocycles. The number of hydrogen-bond acceptors (Lipinski definition) is 3. The average Bonchev–Trinajstić information content (AvgIpc) is 1.86. The highest BCUT2D eigenvalue weighted by Gasteiger charge is 1.93. The van der Waals surface area contributed by atoms with E-state index in [0.717, 1.165) is 0 Å². The van der Waals surface area contributed by atoms with Crippen LogP contribution in [0.3, 0.4) is 0 Å². The van der Waals surface area contributed by atoms with Crippen LogP contribution in [0, 0.1) is 0 Å². The second-order valence-electron chi connectivity index (χ2n) is 1.35. The lowest BCUT2D eigenvalue weighted by molar-refractivity contribution is 0.277. The number of aliphatic hydroxyl groups is 1. The molecule has 0 heterocycles. The second kappa shape index (κ2) is 4.05. The molecule has 0 radical (unpaired) electrons. The maximum absolute atomic E-state index is 8.46. The molecular formula is C4H12N2O. The van der Waals surface area contributed by atoms with Gasteiger partial charge in [0.1, 0.15) is 5.65 Å². The third-order valence-corrected chi connectivity index (χ3v) is 0.673. The normalized spacial score (nSPS) is 23.3. The predicted octanol–water partition coefficient (Wildman–Crippen LogP) is -1.35. The Bertz CT molecular complexity index is 102. The molecule has 44 valence electrons. The third-order valence-electron chi connectivity index (χ3n) is 0.673. The van der Waals surface area contributed by atoms with Gasteiger partial charge in [-0.2, -0.15) is 0 Å². The van der Waals surface area contributed by atoms with Crippen molar-refractivity contribution in [3.63, 3.8) is 0 Å². The maximum atomic E-state index is 8.46. The van der Waals surface area contributed by atoms with Crippen molar-refractivity contribution in [2.75, 3.05) is 13.2 Å². The number of hydrogen-bond donors (Lipinski definition) is 3. The van der Waals surface area contributed by atoms with Gasteiger partial charge in [0.15, 0.2) is 0 Å². The van der Waals surface area contributed by atoms with E-state index in [9.17, 15) is 0 Å². The highest BCUT2D eigenvalue weighted by molar-refractivity contribution is 4.58. The Balaban J connectivity index is 3.69. The topological polar surface area (TPSA) is 72.3 Å². The molecule has 0 rings (SSSR count). The molecule has 7 heavy (non-hydrogen) atoms. The van der Waals surface area contributed by atoms with Crippen molar-refractivity contribution in [3.8, 4) is 0 Å². The van der Waals surface area contributed by atoms with Gasteiger partial charge in [-0.1, -0.05) is 0 Å². The van der Waals surface area contributed by atoms with Crippen LogP contribution in [0.25, 0.3) is 0 Å². The molecule has 5 N–H and O–H groups in total. The zero-order valence-electron chi connectivity index (χ0n) is 8.04. The fraction of sp³-hybridized carbons (Fsp3) is 1.00. The molecule has 0 saturated carbocycles. The Kier molecular flexibility index (Phi) is 1.41. The summed E-state index contributed by atoms with van der Waals surface area (Å²) in [7, 11) is 0. The number of rotatable bonds is 5. The summed E-state index contributed by atoms with van der Waals surface area (Å²) in [6.45, 7) is -0.166. The zero-order chi connectivity index (χ0) is 8.85. The lowest BCUT2D eigenvalue weighted by Gasteiger charge is -2.02. The first kappa shape index (κ1) is 2.44. The third kappa shape index (κ3) is 3.72. The van der Waals surface area contributed by atoms with Crippen molar-refractivity contribution >= 4 is 0 Å². The maximum Gasteiger partial charge on any atom is 0.119 e. The molecule has 0 bridgehead atoms. The summed E-state index contributed by atoms with van der Waals surface area (Å²) in [4.78, 5) is 0. The van der Waals surface area contributed by atoms with E-state index in [-0.39, 0.29) is 19.6 Å². The second-order valence-corrected chi connectivity index (χ2v) is 1.35. The lowest BCUT2D eigenvalue weighted by Crippen LogP contribution is -2.30. The Morgan fingerprint density at radius 3 is 3.14 bits per heavy atom. The zero-order valence-corrected chi connectivity index (χ0v) is 4.04. The fourth-order valence-corrected chi connectivity index (χ4v) is 0.240. The first-order valence-corrected chi connectivity index (χ1v) is 2.21. The standard InChI is InChI=1S/C4H12N2O/c5-3-4(6)1-2-7/h4,7H,1-3,5-6H2/i/hD4. The van der Waals surface area contributed by atoms with Gasteiger partial charge in [0.05, 0.1) is 0 Å². The van der Waals surface area contributed by atoms with E-state index in [2.05, 4.69) is 0 Å².